The molecular formula is C15H16F3NO3S. The number of fused-ring (bicyclic) bond motifs is 1. The fourth-order valence-electron chi connectivity index (χ4n) is 2.73. The molecule has 0 N–H and O–H groups in total. The molecule has 2 atom stereocenters. The first-order valence-corrected chi connectivity index (χ1v) is 8.27. The SMILES string of the molecule is C#CCN(C)C1CC(OS(=O)(=O)C(F)(F)F)Cc2ccccc21. The monoisotopic (exact) mass is 347 g/mol. The van der Waals surface area contributed by atoms with Crippen LogP contribution in [0.25, 0.3) is 0 Å². The smallest absolute Gasteiger partial charge is 0.288 e. The van der Waals surface area contributed by atoms with Crippen molar-refractivity contribution in [2.45, 2.75) is 30.5 Å². The molecule has 0 aliphatic heterocycles. The summed E-state index contributed by atoms with van der Waals surface area (Å²) in [6.07, 6.45) is 4.42. The second-order valence-corrected chi connectivity index (χ2v) is 6.96. The highest BCUT2D eigenvalue weighted by Gasteiger charge is 2.49. The van der Waals surface area contributed by atoms with Crippen molar-refractivity contribution in [1.29, 1.82) is 0 Å². The van der Waals surface area contributed by atoms with E-state index in [1.807, 2.05) is 12.1 Å². The van der Waals surface area contributed by atoms with Crippen molar-refractivity contribution in [1.82, 2.24) is 4.90 Å². The van der Waals surface area contributed by atoms with Crippen LogP contribution >= 0.6 is 0 Å². The molecule has 0 saturated carbocycles. The van der Waals surface area contributed by atoms with Crippen molar-refractivity contribution in [3.05, 3.63) is 35.4 Å². The van der Waals surface area contributed by atoms with Crippen LogP contribution in [0.2, 0.25) is 0 Å². The number of terminal acetylenes is 1. The maximum atomic E-state index is 12.5. The van der Waals surface area contributed by atoms with Crippen LogP contribution in [-0.2, 0) is 20.7 Å². The van der Waals surface area contributed by atoms with Gasteiger partial charge < -0.3 is 0 Å². The van der Waals surface area contributed by atoms with Gasteiger partial charge in [0.1, 0.15) is 0 Å². The summed E-state index contributed by atoms with van der Waals surface area (Å²) < 4.78 is 64.4. The molecular weight excluding hydrogens is 331 g/mol. The molecule has 0 radical (unpaired) electrons. The minimum absolute atomic E-state index is 0.103. The van der Waals surface area contributed by atoms with Gasteiger partial charge in [0.15, 0.2) is 0 Å². The normalized spacial score (nSPS) is 21.7. The molecule has 23 heavy (non-hydrogen) atoms. The molecule has 0 aromatic heterocycles. The largest absolute Gasteiger partial charge is 0.523 e. The number of hydrogen-bond donors (Lipinski definition) is 0. The summed E-state index contributed by atoms with van der Waals surface area (Å²) >= 11 is 0. The predicted molar refractivity (Wildman–Crippen MR) is 78.8 cm³/mol. The zero-order valence-electron chi connectivity index (χ0n) is 12.4. The van der Waals surface area contributed by atoms with Crippen molar-refractivity contribution in [2.75, 3.05) is 13.6 Å². The molecule has 4 nitrogen and oxygen atoms in total. The van der Waals surface area contributed by atoms with Crippen LogP contribution in [0.1, 0.15) is 23.6 Å². The molecule has 0 fully saturated rings. The maximum absolute atomic E-state index is 12.5. The van der Waals surface area contributed by atoms with Gasteiger partial charge in [-0.25, -0.2) is 0 Å². The van der Waals surface area contributed by atoms with Crippen LogP contribution < -0.4 is 0 Å². The number of rotatable bonds is 4. The number of nitrogens with zero attached hydrogens (tertiary/aromatic N) is 1. The number of alkyl halides is 3. The minimum atomic E-state index is -5.62. The third-order valence-corrected chi connectivity index (χ3v) is 4.86. The molecule has 0 spiro atoms. The Morgan fingerprint density at radius 3 is 2.65 bits per heavy atom. The average Bonchev–Trinajstić information content (AvgIpc) is 2.45. The van der Waals surface area contributed by atoms with E-state index in [1.165, 1.54) is 0 Å². The van der Waals surface area contributed by atoms with E-state index < -0.39 is 21.7 Å². The van der Waals surface area contributed by atoms with E-state index in [2.05, 4.69) is 10.1 Å². The summed E-state index contributed by atoms with van der Waals surface area (Å²) in [5.74, 6) is 2.47. The molecule has 0 heterocycles. The number of benzene rings is 1. The van der Waals surface area contributed by atoms with Crippen LogP contribution in [0.3, 0.4) is 0 Å². The van der Waals surface area contributed by atoms with Crippen LogP contribution in [0.5, 0.6) is 0 Å². The van der Waals surface area contributed by atoms with Gasteiger partial charge in [0, 0.05) is 12.5 Å². The van der Waals surface area contributed by atoms with Gasteiger partial charge in [-0.15, -0.1) is 6.42 Å². The highest BCUT2D eigenvalue weighted by atomic mass is 32.2. The van der Waals surface area contributed by atoms with Gasteiger partial charge >= 0.3 is 15.6 Å². The molecule has 1 aliphatic carbocycles. The zero-order valence-corrected chi connectivity index (χ0v) is 13.2. The fraction of sp³-hybridized carbons (Fsp3) is 0.467. The van der Waals surface area contributed by atoms with E-state index in [4.69, 9.17) is 6.42 Å². The second kappa shape index (κ2) is 6.51. The molecule has 0 saturated heterocycles. The highest BCUT2D eigenvalue weighted by Crippen LogP contribution is 2.37. The van der Waals surface area contributed by atoms with E-state index in [1.54, 1.807) is 24.1 Å². The summed E-state index contributed by atoms with van der Waals surface area (Å²) in [6.45, 7) is 0.289. The van der Waals surface area contributed by atoms with Gasteiger partial charge in [-0.3, -0.25) is 9.08 Å². The Morgan fingerprint density at radius 2 is 2.04 bits per heavy atom. The van der Waals surface area contributed by atoms with Gasteiger partial charge in [-0.05, 0) is 24.6 Å². The first-order chi connectivity index (χ1) is 10.7. The fourth-order valence-corrected chi connectivity index (χ4v) is 3.34. The molecule has 2 unspecified atom stereocenters. The number of hydrogen-bond acceptors (Lipinski definition) is 4. The lowest BCUT2D eigenvalue weighted by Gasteiger charge is -2.36. The predicted octanol–water partition coefficient (Wildman–Crippen LogP) is 2.47. The van der Waals surface area contributed by atoms with Crippen LogP contribution in [-0.4, -0.2) is 38.5 Å². The molecule has 8 heteroatoms. The van der Waals surface area contributed by atoms with E-state index in [9.17, 15) is 21.6 Å². The summed E-state index contributed by atoms with van der Waals surface area (Å²) in [5.41, 5.74) is -3.74. The topological polar surface area (TPSA) is 46.6 Å². The Kier molecular flexibility index (Phi) is 5.04. The Labute approximate surface area is 133 Å². The third kappa shape index (κ3) is 3.86. The quantitative estimate of drug-likeness (QED) is 0.477. The van der Waals surface area contributed by atoms with Crippen LogP contribution in [0.4, 0.5) is 13.2 Å². The zero-order chi connectivity index (χ0) is 17.3. The molecule has 0 bridgehead atoms. The molecule has 1 aromatic rings. The van der Waals surface area contributed by atoms with Crippen molar-refractivity contribution in [3.8, 4) is 12.3 Å². The Morgan fingerprint density at radius 1 is 1.39 bits per heavy atom. The van der Waals surface area contributed by atoms with Gasteiger partial charge in [0.2, 0.25) is 0 Å². The first-order valence-electron chi connectivity index (χ1n) is 6.86. The maximum Gasteiger partial charge on any atom is 0.523 e. The molecule has 0 amide bonds. The van der Waals surface area contributed by atoms with Gasteiger partial charge in [-0.1, -0.05) is 30.2 Å². The van der Waals surface area contributed by atoms with Crippen LogP contribution in [0, 0.1) is 12.3 Å². The summed E-state index contributed by atoms with van der Waals surface area (Å²) in [4.78, 5) is 1.79. The van der Waals surface area contributed by atoms with Gasteiger partial charge in [0.25, 0.3) is 0 Å². The Balaban J connectivity index is 2.29. The lowest BCUT2D eigenvalue weighted by atomic mass is 9.85. The molecule has 1 aliphatic rings. The lowest BCUT2D eigenvalue weighted by molar-refractivity contribution is -0.0586. The van der Waals surface area contributed by atoms with E-state index in [0.29, 0.717) is 0 Å². The lowest BCUT2D eigenvalue weighted by Crippen LogP contribution is -2.38. The minimum Gasteiger partial charge on any atom is -0.288 e. The van der Waals surface area contributed by atoms with Crippen molar-refractivity contribution in [3.63, 3.8) is 0 Å². The van der Waals surface area contributed by atoms with E-state index in [0.717, 1.165) is 11.1 Å². The van der Waals surface area contributed by atoms with Crippen molar-refractivity contribution in [2.24, 2.45) is 0 Å². The van der Waals surface area contributed by atoms with Crippen LogP contribution in [0.15, 0.2) is 24.3 Å². The van der Waals surface area contributed by atoms with Gasteiger partial charge in [0.05, 0.1) is 12.6 Å². The number of halogens is 3. The summed E-state index contributed by atoms with van der Waals surface area (Å²) in [5, 5.41) is 0. The molecule has 126 valence electrons. The van der Waals surface area contributed by atoms with E-state index in [-0.39, 0.29) is 25.4 Å². The third-order valence-electron chi connectivity index (χ3n) is 3.77. The van der Waals surface area contributed by atoms with Crippen molar-refractivity contribution < 1.29 is 25.8 Å². The van der Waals surface area contributed by atoms with E-state index >= 15 is 0 Å². The summed E-state index contributed by atoms with van der Waals surface area (Å²) in [7, 11) is -3.88. The van der Waals surface area contributed by atoms with Gasteiger partial charge in [-0.2, -0.15) is 21.6 Å². The summed E-state index contributed by atoms with van der Waals surface area (Å²) in [6, 6.07) is 6.88. The highest BCUT2D eigenvalue weighted by molar-refractivity contribution is 7.87. The molecule has 1 aromatic carbocycles. The first kappa shape index (κ1) is 17.8. The Bertz CT molecular complexity index is 709. The molecule has 2 rings (SSSR count). The van der Waals surface area contributed by atoms with Crippen molar-refractivity contribution >= 4 is 10.1 Å². The standard InChI is InChI=1S/C15H16F3NO3S/c1-3-8-19(2)14-10-12(22-23(20,21)15(16,17)18)9-11-6-4-5-7-13(11)14/h1,4-7,12,14H,8-10H2,2H3. The Hall–Kier alpha value is -1.56. The second-order valence-electron chi connectivity index (χ2n) is 5.39. The average molecular weight is 347 g/mol.